The molecule has 2 fully saturated rings. The summed E-state index contributed by atoms with van der Waals surface area (Å²) >= 11 is 0. The maximum atomic E-state index is 13.0. The molecule has 32 heavy (non-hydrogen) atoms. The molecule has 2 saturated carbocycles. The van der Waals surface area contributed by atoms with E-state index in [1.165, 1.54) is 12.8 Å². The van der Waals surface area contributed by atoms with E-state index in [1.807, 2.05) is 47.1 Å². The molecular weight excluding hydrogens is 402 g/mol. The molecule has 3 N–H and O–H groups in total. The van der Waals surface area contributed by atoms with Crippen LogP contribution in [0.15, 0.2) is 55.0 Å². The number of rotatable bonds is 8. The van der Waals surface area contributed by atoms with Gasteiger partial charge in [0, 0.05) is 47.6 Å². The van der Waals surface area contributed by atoms with Crippen LogP contribution in [0, 0.1) is 5.92 Å². The van der Waals surface area contributed by atoms with Gasteiger partial charge < -0.3 is 20.4 Å². The lowest BCUT2D eigenvalue weighted by Gasteiger charge is -2.21. The van der Waals surface area contributed by atoms with E-state index in [0.29, 0.717) is 17.9 Å². The van der Waals surface area contributed by atoms with Crippen LogP contribution >= 0.6 is 0 Å². The van der Waals surface area contributed by atoms with Gasteiger partial charge in [0.2, 0.25) is 5.91 Å². The highest BCUT2D eigenvalue weighted by Crippen LogP contribution is 2.29. The molecule has 7 nitrogen and oxygen atoms in total. The predicted molar refractivity (Wildman–Crippen MR) is 124 cm³/mol. The maximum Gasteiger partial charge on any atom is 0.252 e. The molecule has 7 heteroatoms. The van der Waals surface area contributed by atoms with Gasteiger partial charge in [-0.05, 0) is 49.4 Å². The number of nitrogens with one attached hydrogen (secondary N) is 3. The highest BCUT2D eigenvalue weighted by Gasteiger charge is 2.31. The number of anilines is 2. The van der Waals surface area contributed by atoms with Crippen molar-refractivity contribution in [2.45, 2.75) is 57.0 Å². The largest absolute Gasteiger partial charge is 0.355 e. The van der Waals surface area contributed by atoms with Crippen LogP contribution in [0.5, 0.6) is 0 Å². The topological polar surface area (TPSA) is 87.5 Å². The molecule has 0 saturated heterocycles. The lowest BCUT2D eigenvalue weighted by molar-refractivity contribution is -0.123. The van der Waals surface area contributed by atoms with Crippen molar-refractivity contribution in [3.8, 4) is 0 Å². The van der Waals surface area contributed by atoms with Crippen LogP contribution in [0.1, 0.15) is 55.3 Å². The van der Waals surface area contributed by atoms with E-state index in [9.17, 15) is 9.59 Å². The van der Waals surface area contributed by atoms with Crippen molar-refractivity contribution in [1.82, 2.24) is 20.0 Å². The minimum Gasteiger partial charge on any atom is -0.355 e. The summed E-state index contributed by atoms with van der Waals surface area (Å²) in [5.41, 5.74) is 3.08. The Morgan fingerprint density at radius 1 is 1.03 bits per heavy atom. The molecule has 1 aromatic carbocycles. The molecule has 3 aromatic rings. The van der Waals surface area contributed by atoms with Crippen LogP contribution in [0.3, 0.4) is 0 Å². The van der Waals surface area contributed by atoms with E-state index in [2.05, 4.69) is 20.9 Å². The number of fused-ring (bicyclic) bond motifs is 1. The average Bonchev–Trinajstić information content (AvgIpc) is 3.24. The van der Waals surface area contributed by atoms with Crippen molar-refractivity contribution in [3.05, 3.63) is 60.6 Å². The Labute approximate surface area is 187 Å². The van der Waals surface area contributed by atoms with Gasteiger partial charge in [0.05, 0.1) is 0 Å². The number of aromatic nitrogens is 2. The van der Waals surface area contributed by atoms with Gasteiger partial charge in [-0.15, -0.1) is 0 Å². The zero-order valence-electron chi connectivity index (χ0n) is 18.1. The van der Waals surface area contributed by atoms with Gasteiger partial charge in [-0.3, -0.25) is 9.59 Å². The molecule has 2 aliphatic carbocycles. The number of nitrogens with zero attached hydrogens (tertiary/aromatic N) is 2. The third kappa shape index (κ3) is 4.93. The fourth-order valence-corrected chi connectivity index (χ4v) is 4.47. The number of carbonyl (C=O) groups is 2. The Bertz CT molecular complexity index is 1110. The first-order valence-electron chi connectivity index (χ1n) is 11.5. The minimum atomic E-state index is -0.481. The Kier molecular flexibility index (Phi) is 5.79. The van der Waals surface area contributed by atoms with E-state index in [1.54, 1.807) is 12.3 Å². The molecule has 0 aliphatic heterocycles. The summed E-state index contributed by atoms with van der Waals surface area (Å²) in [6.07, 6.45) is 13.1. The SMILES string of the molecule is O=C(N[C@@H](CC1CCCC1)C(=O)NC1CC1)c1cccc(Nc2ccn3ccnc3c2)c1. The quantitative estimate of drug-likeness (QED) is 0.502. The summed E-state index contributed by atoms with van der Waals surface area (Å²) in [5, 5.41) is 9.42. The average molecular weight is 432 g/mol. The van der Waals surface area contributed by atoms with Gasteiger partial charge in [0.25, 0.3) is 5.91 Å². The van der Waals surface area contributed by atoms with Crippen LogP contribution in [0.2, 0.25) is 0 Å². The molecular formula is C25H29N5O2. The van der Waals surface area contributed by atoms with Gasteiger partial charge in [-0.1, -0.05) is 31.7 Å². The highest BCUT2D eigenvalue weighted by molar-refractivity contribution is 5.98. The number of carbonyl (C=O) groups excluding carboxylic acids is 2. The van der Waals surface area contributed by atoms with E-state index >= 15 is 0 Å². The molecule has 2 heterocycles. The molecule has 0 radical (unpaired) electrons. The van der Waals surface area contributed by atoms with Crippen LogP contribution in [0.25, 0.3) is 5.65 Å². The smallest absolute Gasteiger partial charge is 0.252 e. The number of hydrogen-bond acceptors (Lipinski definition) is 4. The monoisotopic (exact) mass is 431 g/mol. The highest BCUT2D eigenvalue weighted by atomic mass is 16.2. The predicted octanol–water partition coefficient (Wildman–Crippen LogP) is 4.04. The van der Waals surface area contributed by atoms with Crippen molar-refractivity contribution < 1.29 is 9.59 Å². The summed E-state index contributed by atoms with van der Waals surface area (Å²) in [6, 6.07) is 11.1. The number of imidazole rings is 1. The Morgan fingerprint density at radius 2 is 1.84 bits per heavy atom. The van der Waals surface area contributed by atoms with Crippen molar-refractivity contribution in [1.29, 1.82) is 0 Å². The summed E-state index contributed by atoms with van der Waals surface area (Å²) in [4.78, 5) is 30.1. The van der Waals surface area contributed by atoms with Crippen molar-refractivity contribution in [2.75, 3.05) is 5.32 Å². The first kappa shape index (κ1) is 20.5. The molecule has 2 aromatic heterocycles. The van der Waals surface area contributed by atoms with Crippen molar-refractivity contribution in [3.63, 3.8) is 0 Å². The van der Waals surface area contributed by atoms with Crippen LogP contribution in [0.4, 0.5) is 11.4 Å². The maximum absolute atomic E-state index is 13.0. The fourth-order valence-electron chi connectivity index (χ4n) is 4.47. The molecule has 2 amide bonds. The lowest BCUT2D eigenvalue weighted by Crippen LogP contribution is -2.48. The third-order valence-corrected chi connectivity index (χ3v) is 6.40. The van der Waals surface area contributed by atoms with Crippen LogP contribution in [-0.2, 0) is 4.79 Å². The zero-order chi connectivity index (χ0) is 21.9. The van der Waals surface area contributed by atoms with Gasteiger partial charge in [-0.25, -0.2) is 4.98 Å². The molecule has 0 bridgehead atoms. The zero-order valence-corrected chi connectivity index (χ0v) is 18.1. The summed E-state index contributed by atoms with van der Waals surface area (Å²) < 4.78 is 1.94. The Balaban J connectivity index is 1.27. The summed E-state index contributed by atoms with van der Waals surface area (Å²) in [5.74, 6) is 0.247. The van der Waals surface area contributed by atoms with Crippen LogP contribution < -0.4 is 16.0 Å². The van der Waals surface area contributed by atoms with Gasteiger partial charge >= 0.3 is 0 Å². The summed E-state index contributed by atoms with van der Waals surface area (Å²) in [6.45, 7) is 0. The van der Waals surface area contributed by atoms with Gasteiger partial charge in [0.1, 0.15) is 11.7 Å². The number of pyridine rings is 1. The van der Waals surface area contributed by atoms with E-state index < -0.39 is 6.04 Å². The summed E-state index contributed by atoms with van der Waals surface area (Å²) in [7, 11) is 0. The minimum absolute atomic E-state index is 0.0463. The lowest BCUT2D eigenvalue weighted by atomic mass is 9.97. The molecule has 0 unspecified atom stereocenters. The Morgan fingerprint density at radius 3 is 2.66 bits per heavy atom. The van der Waals surface area contributed by atoms with Crippen LogP contribution in [-0.4, -0.2) is 33.3 Å². The van der Waals surface area contributed by atoms with E-state index in [-0.39, 0.29) is 17.9 Å². The number of amides is 2. The molecule has 1 atom stereocenters. The van der Waals surface area contributed by atoms with E-state index in [0.717, 1.165) is 42.7 Å². The van der Waals surface area contributed by atoms with Gasteiger partial charge in [0.15, 0.2) is 0 Å². The van der Waals surface area contributed by atoms with Crippen molar-refractivity contribution >= 4 is 28.8 Å². The third-order valence-electron chi connectivity index (χ3n) is 6.40. The fraction of sp³-hybridized carbons (Fsp3) is 0.400. The Hall–Kier alpha value is -3.35. The second kappa shape index (κ2) is 9.02. The second-order valence-corrected chi connectivity index (χ2v) is 9.01. The first-order valence-corrected chi connectivity index (χ1v) is 11.5. The molecule has 0 spiro atoms. The molecule has 166 valence electrons. The normalized spacial score (nSPS) is 17.2. The second-order valence-electron chi connectivity index (χ2n) is 9.01. The first-order chi connectivity index (χ1) is 15.6. The van der Waals surface area contributed by atoms with Gasteiger partial charge in [-0.2, -0.15) is 0 Å². The molecule has 2 aliphatic rings. The standard InChI is InChI=1S/C25H29N5O2/c31-24(29-22(14-17-4-1-2-5-17)25(32)28-19-8-9-19)18-6-3-7-20(15-18)27-21-10-12-30-13-11-26-23(30)16-21/h3,6-7,10-13,15-17,19,22,27H,1-2,4-5,8-9,14H2,(H,28,32)(H,29,31)/t22-/m0/s1. The van der Waals surface area contributed by atoms with Crippen molar-refractivity contribution in [2.24, 2.45) is 5.92 Å². The van der Waals surface area contributed by atoms with E-state index in [4.69, 9.17) is 0 Å². The number of hydrogen-bond donors (Lipinski definition) is 3. The number of benzene rings is 1. The molecule has 5 rings (SSSR count).